The quantitative estimate of drug-likeness (QED) is 0.480. The molecule has 1 aliphatic heterocycles. The number of carbonyl (C=O) groups is 1. The molecule has 2 atom stereocenters. The lowest BCUT2D eigenvalue weighted by Crippen LogP contribution is -2.29. The van der Waals surface area contributed by atoms with Crippen molar-refractivity contribution in [3.63, 3.8) is 0 Å². The predicted octanol–water partition coefficient (Wildman–Crippen LogP) is 3.41. The van der Waals surface area contributed by atoms with E-state index in [0.717, 1.165) is 12.0 Å². The molecule has 28 heavy (non-hydrogen) atoms. The maximum atomic E-state index is 12.8. The van der Waals surface area contributed by atoms with Crippen molar-refractivity contribution in [3.05, 3.63) is 72.0 Å². The Morgan fingerprint density at radius 3 is 2.64 bits per heavy atom. The van der Waals surface area contributed by atoms with Gasteiger partial charge in [0.2, 0.25) is 6.29 Å². The van der Waals surface area contributed by atoms with Crippen LogP contribution in [0.5, 0.6) is 0 Å². The molecule has 6 heteroatoms. The summed E-state index contributed by atoms with van der Waals surface area (Å²) in [5.41, 5.74) is 8.05. The summed E-state index contributed by atoms with van der Waals surface area (Å²) < 4.78 is 11.6. The molecule has 148 valence electrons. The molecular formula is C22H26N2O4. The lowest BCUT2D eigenvalue weighted by Gasteiger charge is -2.29. The van der Waals surface area contributed by atoms with E-state index in [4.69, 9.17) is 20.3 Å². The van der Waals surface area contributed by atoms with Gasteiger partial charge in [0.25, 0.3) is 5.91 Å². The van der Waals surface area contributed by atoms with Crippen molar-refractivity contribution in [1.29, 1.82) is 0 Å². The summed E-state index contributed by atoms with van der Waals surface area (Å²) in [4.78, 5) is 12.8. The van der Waals surface area contributed by atoms with E-state index in [1.54, 1.807) is 12.1 Å². The number of para-hydroxylation sites is 2. The van der Waals surface area contributed by atoms with Crippen LogP contribution in [0.2, 0.25) is 0 Å². The van der Waals surface area contributed by atoms with Crippen LogP contribution >= 0.6 is 0 Å². The SMILES string of the molecule is Nc1ccccc1NC(=O)C1=CC(c2ccccc2)CC(OCCCCO)O1. The van der Waals surface area contributed by atoms with Crippen LogP contribution in [-0.4, -0.2) is 30.5 Å². The van der Waals surface area contributed by atoms with Gasteiger partial charge in [0, 0.05) is 18.9 Å². The molecule has 6 nitrogen and oxygen atoms in total. The van der Waals surface area contributed by atoms with Gasteiger partial charge in [0.1, 0.15) is 0 Å². The molecule has 0 fully saturated rings. The molecule has 0 aromatic heterocycles. The zero-order valence-corrected chi connectivity index (χ0v) is 15.7. The van der Waals surface area contributed by atoms with Crippen LogP contribution in [0.3, 0.4) is 0 Å². The van der Waals surface area contributed by atoms with Crippen LogP contribution in [0.25, 0.3) is 0 Å². The number of aliphatic hydroxyl groups is 1. The molecule has 0 saturated heterocycles. The molecule has 2 aromatic rings. The Bertz CT molecular complexity index is 807. The zero-order chi connectivity index (χ0) is 19.8. The van der Waals surface area contributed by atoms with E-state index in [-0.39, 0.29) is 24.2 Å². The number of nitrogens with two attached hydrogens (primary N) is 1. The number of benzene rings is 2. The van der Waals surface area contributed by atoms with Gasteiger partial charge in [-0.25, -0.2) is 0 Å². The summed E-state index contributed by atoms with van der Waals surface area (Å²) in [5.74, 6) is -0.135. The number of ether oxygens (including phenoxy) is 2. The van der Waals surface area contributed by atoms with Crippen molar-refractivity contribution >= 4 is 17.3 Å². The highest BCUT2D eigenvalue weighted by Gasteiger charge is 2.28. The minimum Gasteiger partial charge on any atom is -0.459 e. The fourth-order valence-electron chi connectivity index (χ4n) is 3.07. The Labute approximate surface area is 165 Å². The van der Waals surface area contributed by atoms with Crippen LogP contribution in [0, 0.1) is 0 Å². The van der Waals surface area contributed by atoms with E-state index >= 15 is 0 Å². The summed E-state index contributed by atoms with van der Waals surface area (Å²) in [7, 11) is 0. The van der Waals surface area contributed by atoms with E-state index in [2.05, 4.69) is 5.32 Å². The van der Waals surface area contributed by atoms with Gasteiger partial charge >= 0.3 is 0 Å². The van der Waals surface area contributed by atoms with E-state index < -0.39 is 6.29 Å². The number of nitrogen functional groups attached to an aromatic ring is 1. The van der Waals surface area contributed by atoms with Gasteiger partial charge in [-0.05, 0) is 36.6 Å². The fraction of sp³-hybridized carbons (Fsp3) is 0.318. The van der Waals surface area contributed by atoms with E-state index in [9.17, 15) is 4.79 Å². The molecule has 2 unspecified atom stereocenters. The fourth-order valence-corrected chi connectivity index (χ4v) is 3.07. The number of amides is 1. The van der Waals surface area contributed by atoms with Crippen molar-refractivity contribution in [1.82, 2.24) is 0 Å². The highest BCUT2D eigenvalue weighted by atomic mass is 16.7. The number of aliphatic hydroxyl groups excluding tert-OH is 1. The number of hydrogen-bond donors (Lipinski definition) is 3. The molecule has 0 bridgehead atoms. The normalized spacial score (nSPS) is 18.8. The lowest BCUT2D eigenvalue weighted by atomic mass is 9.93. The number of allylic oxidation sites excluding steroid dienone is 1. The minimum absolute atomic E-state index is 0.00617. The largest absolute Gasteiger partial charge is 0.459 e. The summed E-state index contributed by atoms with van der Waals surface area (Å²) >= 11 is 0. The first-order chi connectivity index (χ1) is 13.7. The van der Waals surface area contributed by atoms with Crippen LogP contribution in [0.1, 0.15) is 30.7 Å². The third-order valence-electron chi connectivity index (χ3n) is 4.57. The Morgan fingerprint density at radius 1 is 1.14 bits per heavy atom. The lowest BCUT2D eigenvalue weighted by molar-refractivity contribution is -0.143. The Balaban J connectivity index is 1.75. The second-order valence-electron chi connectivity index (χ2n) is 6.67. The molecule has 1 aliphatic rings. The van der Waals surface area contributed by atoms with Gasteiger partial charge < -0.3 is 25.6 Å². The molecular weight excluding hydrogens is 356 g/mol. The molecule has 0 radical (unpaired) electrons. The predicted molar refractivity (Wildman–Crippen MR) is 109 cm³/mol. The van der Waals surface area contributed by atoms with Gasteiger partial charge in [-0.1, -0.05) is 42.5 Å². The molecule has 1 amide bonds. The molecule has 2 aromatic carbocycles. The van der Waals surface area contributed by atoms with Crippen LogP contribution in [-0.2, 0) is 14.3 Å². The van der Waals surface area contributed by atoms with E-state index in [1.165, 1.54) is 0 Å². The van der Waals surface area contributed by atoms with Crippen molar-refractivity contribution in [2.75, 3.05) is 24.3 Å². The first kappa shape index (κ1) is 19.9. The van der Waals surface area contributed by atoms with Gasteiger partial charge in [0.15, 0.2) is 5.76 Å². The van der Waals surface area contributed by atoms with Crippen molar-refractivity contribution in [3.8, 4) is 0 Å². The van der Waals surface area contributed by atoms with Crippen LogP contribution < -0.4 is 11.1 Å². The van der Waals surface area contributed by atoms with Gasteiger partial charge in [-0.3, -0.25) is 4.79 Å². The molecule has 0 saturated carbocycles. The number of hydrogen-bond acceptors (Lipinski definition) is 5. The highest BCUT2D eigenvalue weighted by Crippen LogP contribution is 2.32. The highest BCUT2D eigenvalue weighted by molar-refractivity contribution is 6.04. The summed E-state index contributed by atoms with van der Waals surface area (Å²) in [5, 5.41) is 11.7. The second-order valence-corrected chi connectivity index (χ2v) is 6.67. The average molecular weight is 382 g/mol. The maximum absolute atomic E-state index is 12.8. The third kappa shape index (κ3) is 5.34. The Morgan fingerprint density at radius 2 is 1.89 bits per heavy atom. The molecule has 4 N–H and O–H groups in total. The number of carbonyl (C=O) groups excluding carboxylic acids is 1. The van der Waals surface area contributed by atoms with E-state index in [0.29, 0.717) is 30.8 Å². The second kappa shape index (κ2) is 9.92. The minimum atomic E-state index is -0.525. The smallest absolute Gasteiger partial charge is 0.290 e. The van der Waals surface area contributed by atoms with Crippen LogP contribution in [0.4, 0.5) is 11.4 Å². The van der Waals surface area contributed by atoms with Crippen LogP contribution in [0.15, 0.2) is 66.4 Å². The van der Waals surface area contributed by atoms with Crippen molar-refractivity contribution < 1.29 is 19.4 Å². The summed E-state index contributed by atoms with van der Waals surface area (Å²) in [6.07, 6.45) is 3.33. The van der Waals surface area contributed by atoms with Gasteiger partial charge in [0.05, 0.1) is 18.0 Å². The molecule has 0 spiro atoms. The Hall–Kier alpha value is -2.83. The van der Waals surface area contributed by atoms with Gasteiger partial charge in [-0.15, -0.1) is 0 Å². The maximum Gasteiger partial charge on any atom is 0.290 e. The van der Waals surface area contributed by atoms with Crippen molar-refractivity contribution in [2.45, 2.75) is 31.5 Å². The van der Waals surface area contributed by atoms with Gasteiger partial charge in [-0.2, -0.15) is 0 Å². The Kier molecular flexibility index (Phi) is 7.06. The number of unbranched alkanes of at least 4 members (excludes halogenated alkanes) is 1. The zero-order valence-electron chi connectivity index (χ0n) is 15.7. The average Bonchev–Trinajstić information content (AvgIpc) is 2.73. The number of nitrogens with one attached hydrogen (secondary N) is 1. The topological polar surface area (TPSA) is 93.8 Å². The standard InChI is InChI=1S/C22H26N2O4/c23-18-10-4-5-11-19(18)24-22(26)20-14-17(16-8-2-1-3-9-16)15-21(28-20)27-13-7-6-12-25/h1-5,8-11,14,17,21,25H,6-7,12-13,15,23H2,(H,24,26). The summed E-state index contributed by atoms with van der Waals surface area (Å²) in [6, 6.07) is 17.0. The monoisotopic (exact) mass is 382 g/mol. The first-order valence-electron chi connectivity index (χ1n) is 9.49. The first-order valence-corrected chi connectivity index (χ1v) is 9.49. The number of rotatable bonds is 8. The van der Waals surface area contributed by atoms with Crippen molar-refractivity contribution in [2.24, 2.45) is 0 Å². The third-order valence-corrected chi connectivity index (χ3v) is 4.57. The number of anilines is 2. The molecule has 1 heterocycles. The van der Waals surface area contributed by atoms with E-state index in [1.807, 2.05) is 48.5 Å². The molecule has 0 aliphatic carbocycles. The summed E-state index contributed by atoms with van der Waals surface area (Å²) in [6.45, 7) is 0.598. The molecule has 3 rings (SSSR count).